The van der Waals surface area contributed by atoms with Crippen molar-refractivity contribution in [1.82, 2.24) is 15.2 Å². The number of fused-ring (bicyclic) bond motifs is 1. The van der Waals surface area contributed by atoms with Gasteiger partial charge in [0.2, 0.25) is 5.96 Å². The lowest BCUT2D eigenvalue weighted by molar-refractivity contribution is 0.107. The number of aromatic nitrogens is 1. The van der Waals surface area contributed by atoms with Crippen LogP contribution < -0.4 is 10.6 Å². The monoisotopic (exact) mass is 313 g/mol. The lowest BCUT2D eigenvalue weighted by Gasteiger charge is -2.39. The Labute approximate surface area is 136 Å². The highest BCUT2D eigenvalue weighted by molar-refractivity contribution is 5.93. The SMILES string of the molecule is C[C@@H]1CCCC[C@@H]1N1CN=C(Nc2nc3ccccc3o2)NC1. The van der Waals surface area contributed by atoms with Gasteiger partial charge in [0.1, 0.15) is 5.52 Å². The first-order valence-corrected chi connectivity index (χ1v) is 8.44. The summed E-state index contributed by atoms with van der Waals surface area (Å²) in [6.07, 6.45) is 5.32. The van der Waals surface area contributed by atoms with Gasteiger partial charge in [-0.25, -0.2) is 4.99 Å². The molecule has 1 aromatic heterocycles. The third-order valence-electron chi connectivity index (χ3n) is 4.91. The van der Waals surface area contributed by atoms with Crippen molar-refractivity contribution in [2.24, 2.45) is 10.9 Å². The molecule has 2 aromatic rings. The Hall–Kier alpha value is -2.08. The molecule has 0 spiro atoms. The smallest absolute Gasteiger partial charge is 0.302 e. The number of oxazole rings is 1. The molecule has 0 amide bonds. The lowest BCUT2D eigenvalue weighted by Crippen LogP contribution is -2.52. The van der Waals surface area contributed by atoms with Crippen LogP contribution in [0.3, 0.4) is 0 Å². The van der Waals surface area contributed by atoms with E-state index in [0.29, 0.717) is 12.1 Å². The van der Waals surface area contributed by atoms with Crippen LogP contribution in [0.4, 0.5) is 6.01 Å². The van der Waals surface area contributed by atoms with Crippen molar-refractivity contribution in [1.29, 1.82) is 0 Å². The van der Waals surface area contributed by atoms with Crippen molar-refractivity contribution in [2.75, 3.05) is 18.7 Å². The highest BCUT2D eigenvalue weighted by Crippen LogP contribution is 2.28. The number of anilines is 1. The summed E-state index contributed by atoms with van der Waals surface area (Å²) in [5.74, 6) is 1.49. The summed E-state index contributed by atoms with van der Waals surface area (Å²) in [6, 6.07) is 8.87. The molecule has 0 radical (unpaired) electrons. The minimum atomic E-state index is 0.483. The minimum Gasteiger partial charge on any atom is -0.423 e. The molecule has 1 saturated carbocycles. The van der Waals surface area contributed by atoms with Crippen LogP contribution in [0.1, 0.15) is 32.6 Å². The molecule has 122 valence electrons. The molecule has 2 N–H and O–H groups in total. The maximum Gasteiger partial charge on any atom is 0.302 e. The molecule has 0 saturated heterocycles. The van der Waals surface area contributed by atoms with E-state index >= 15 is 0 Å². The van der Waals surface area contributed by atoms with E-state index in [9.17, 15) is 0 Å². The predicted octanol–water partition coefficient (Wildman–Crippen LogP) is 2.99. The van der Waals surface area contributed by atoms with E-state index in [1.807, 2.05) is 24.3 Å². The normalized spacial score (nSPS) is 25.9. The van der Waals surface area contributed by atoms with Gasteiger partial charge < -0.3 is 9.73 Å². The van der Waals surface area contributed by atoms with Gasteiger partial charge in [-0.15, -0.1) is 0 Å². The van der Waals surface area contributed by atoms with Crippen LogP contribution in [0, 0.1) is 5.92 Å². The fourth-order valence-corrected chi connectivity index (χ4v) is 3.62. The Balaban J connectivity index is 1.41. The van der Waals surface area contributed by atoms with Gasteiger partial charge in [0.25, 0.3) is 0 Å². The minimum absolute atomic E-state index is 0.483. The highest BCUT2D eigenvalue weighted by atomic mass is 16.4. The number of nitrogens with one attached hydrogen (secondary N) is 2. The van der Waals surface area contributed by atoms with E-state index in [0.717, 1.165) is 36.3 Å². The largest absolute Gasteiger partial charge is 0.423 e. The maximum absolute atomic E-state index is 5.67. The molecule has 6 heteroatoms. The van der Waals surface area contributed by atoms with E-state index in [1.54, 1.807) is 0 Å². The molecule has 1 aliphatic carbocycles. The summed E-state index contributed by atoms with van der Waals surface area (Å²) in [7, 11) is 0. The van der Waals surface area contributed by atoms with Crippen LogP contribution in [0.2, 0.25) is 0 Å². The average Bonchev–Trinajstić information content (AvgIpc) is 2.98. The molecular formula is C17H23N5O. The third kappa shape index (κ3) is 3.03. The molecule has 6 nitrogen and oxygen atoms in total. The second-order valence-corrected chi connectivity index (χ2v) is 6.51. The van der Waals surface area contributed by atoms with E-state index in [1.165, 1.54) is 25.7 Å². The molecule has 2 aliphatic rings. The molecule has 0 unspecified atom stereocenters. The van der Waals surface area contributed by atoms with Gasteiger partial charge in [0, 0.05) is 6.04 Å². The van der Waals surface area contributed by atoms with Gasteiger partial charge in [-0.3, -0.25) is 10.2 Å². The van der Waals surface area contributed by atoms with Gasteiger partial charge in [0.15, 0.2) is 5.58 Å². The van der Waals surface area contributed by atoms with Crippen molar-refractivity contribution >= 4 is 23.1 Å². The molecule has 1 fully saturated rings. The summed E-state index contributed by atoms with van der Waals surface area (Å²) in [5, 5.41) is 6.48. The van der Waals surface area contributed by atoms with Crippen LogP contribution in [-0.2, 0) is 0 Å². The van der Waals surface area contributed by atoms with Crippen molar-refractivity contribution in [3.8, 4) is 0 Å². The maximum atomic E-state index is 5.67. The number of aliphatic imine (C=N–C) groups is 1. The van der Waals surface area contributed by atoms with Gasteiger partial charge in [0.05, 0.1) is 13.3 Å². The average molecular weight is 313 g/mol. The fourth-order valence-electron chi connectivity index (χ4n) is 3.62. The number of para-hydroxylation sites is 2. The van der Waals surface area contributed by atoms with E-state index in [-0.39, 0.29) is 0 Å². The second kappa shape index (κ2) is 6.20. The first-order valence-electron chi connectivity index (χ1n) is 8.44. The van der Waals surface area contributed by atoms with Gasteiger partial charge >= 0.3 is 6.01 Å². The molecule has 1 aliphatic heterocycles. The standard InChI is InChI=1S/C17H23N5O/c1-12-6-2-4-8-14(12)22-10-18-16(19-11-22)21-17-20-13-7-3-5-9-15(13)23-17/h3,5,7,9,12,14H,2,4,6,8,10-11H2,1H3,(H2,18,19,20,21)/t12-,14+/m1/s1. The van der Waals surface area contributed by atoms with Gasteiger partial charge in [-0.05, 0) is 30.9 Å². The zero-order valence-electron chi connectivity index (χ0n) is 13.5. The molecule has 2 atom stereocenters. The van der Waals surface area contributed by atoms with Crippen molar-refractivity contribution < 1.29 is 4.42 Å². The van der Waals surface area contributed by atoms with Crippen LogP contribution >= 0.6 is 0 Å². The van der Waals surface area contributed by atoms with E-state index in [4.69, 9.17) is 4.42 Å². The molecular weight excluding hydrogens is 290 g/mol. The predicted molar refractivity (Wildman–Crippen MR) is 91.2 cm³/mol. The third-order valence-corrected chi connectivity index (χ3v) is 4.91. The number of benzene rings is 1. The topological polar surface area (TPSA) is 65.7 Å². The van der Waals surface area contributed by atoms with Crippen LogP contribution in [-0.4, -0.2) is 35.2 Å². The fraction of sp³-hybridized carbons (Fsp3) is 0.529. The lowest BCUT2D eigenvalue weighted by atomic mass is 9.85. The zero-order chi connectivity index (χ0) is 15.6. The molecule has 4 rings (SSSR count). The molecule has 1 aromatic carbocycles. The summed E-state index contributed by atoms with van der Waals surface area (Å²) in [5.41, 5.74) is 1.63. The molecule has 2 heterocycles. The van der Waals surface area contributed by atoms with Crippen LogP contribution in [0.25, 0.3) is 11.1 Å². The summed E-state index contributed by atoms with van der Waals surface area (Å²) >= 11 is 0. The second-order valence-electron chi connectivity index (χ2n) is 6.51. The number of rotatable bonds is 2. The Morgan fingerprint density at radius 3 is 2.91 bits per heavy atom. The van der Waals surface area contributed by atoms with Crippen molar-refractivity contribution in [3.63, 3.8) is 0 Å². The Kier molecular flexibility index (Phi) is 3.91. The van der Waals surface area contributed by atoms with Crippen molar-refractivity contribution in [2.45, 2.75) is 38.6 Å². The molecule has 23 heavy (non-hydrogen) atoms. The summed E-state index contributed by atoms with van der Waals surface area (Å²) < 4.78 is 5.67. The number of hydrogen-bond acceptors (Lipinski definition) is 6. The Morgan fingerprint density at radius 2 is 2.13 bits per heavy atom. The zero-order valence-corrected chi connectivity index (χ0v) is 13.5. The van der Waals surface area contributed by atoms with Gasteiger partial charge in [-0.1, -0.05) is 31.9 Å². The van der Waals surface area contributed by atoms with Gasteiger partial charge in [-0.2, -0.15) is 4.98 Å². The van der Waals surface area contributed by atoms with Crippen LogP contribution in [0.15, 0.2) is 33.7 Å². The summed E-state index contributed by atoms with van der Waals surface area (Å²) in [4.78, 5) is 11.5. The quantitative estimate of drug-likeness (QED) is 0.892. The van der Waals surface area contributed by atoms with E-state index in [2.05, 4.69) is 32.4 Å². The first-order chi connectivity index (χ1) is 11.3. The number of hydrogen-bond donors (Lipinski definition) is 2. The highest BCUT2D eigenvalue weighted by Gasteiger charge is 2.28. The molecule has 0 bridgehead atoms. The Morgan fingerprint density at radius 1 is 1.26 bits per heavy atom. The first kappa shape index (κ1) is 14.5. The van der Waals surface area contributed by atoms with Crippen molar-refractivity contribution in [3.05, 3.63) is 24.3 Å². The number of nitrogens with zero attached hydrogens (tertiary/aromatic N) is 3. The Bertz CT molecular complexity index is 677. The van der Waals surface area contributed by atoms with Crippen LogP contribution in [0.5, 0.6) is 0 Å². The summed E-state index contributed by atoms with van der Waals surface area (Å²) in [6.45, 7) is 3.91. The number of guanidine groups is 1. The van der Waals surface area contributed by atoms with E-state index < -0.39 is 0 Å².